The molecule has 0 saturated carbocycles. The van der Waals surface area contributed by atoms with Crippen molar-refractivity contribution in [3.8, 4) is 17.2 Å². The van der Waals surface area contributed by atoms with E-state index in [1.54, 1.807) is 18.2 Å². The van der Waals surface area contributed by atoms with Crippen molar-refractivity contribution in [3.63, 3.8) is 0 Å². The van der Waals surface area contributed by atoms with Crippen LogP contribution in [-0.2, 0) is 4.74 Å². The zero-order valence-corrected chi connectivity index (χ0v) is 17.1. The maximum Gasteiger partial charge on any atom is 0.348 e. The summed E-state index contributed by atoms with van der Waals surface area (Å²) in [5.74, 6) is 0.784. The van der Waals surface area contributed by atoms with Gasteiger partial charge in [-0.05, 0) is 36.8 Å². The summed E-state index contributed by atoms with van der Waals surface area (Å²) in [5, 5.41) is -0.179. The van der Waals surface area contributed by atoms with E-state index in [-0.39, 0.29) is 5.15 Å². The largest absolute Gasteiger partial charge is 0.465 e. The van der Waals surface area contributed by atoms with Gasteiger partial charge in [0.15, 0.2) is 5.15 Å². The first-order chi connectivity index (χ1) is 14.0. The molecule has 0 saturated heterocycles. The Labute approximate surface area is 174 Å². The molecule has 6 nitrogen and oxygen atoms in total. The maximum absolute atomic E-state index is 12.8. The quantitative estimate of drug-likeness (QED) is 0.430. The third kappa shape index (κ3) is 3.62. The van der Waals surface area contributed by atoms with E-state index in [2.05, 4.69) is 4.98 Å². The average molecular weight is 427 g/mol. The van der Waals surface area contributed by atoms with E-state index in [0.29, 0.717) is 32.4 Å². The minimum atomic E-state index is -0.500. The molecular weight excluding hydrogens is 412 g/mol. The molecule has 29 heavy (non-hydrogen) atoms. The Morgan fingerprint density at radius 2 is 1.90 bits per heavy atom. The van der Waals surface area contributed by atoms with Crippen LogP contribution in [0.3, 0.4) is 0 Å². The predicted molar refractivity (Wildman–Crippen MR) is 113 cm³/mol. The van der Waals surface area contributed by atoms with E-state index in [4.69, 9.17) is 21.1 Å². The molecule has 0 fully saturated rings. The zero-order valence-electron chi connectivity index (χ0n) is 15.5. The lowest BCUT2D eigenvalue weighted by Gasteiger charge is -2.13. The highest BCUT2D eigenvalue weighted by Gasteiger charge is 2.18. The maximum atomic E-state index is 12.8. The number of rotatable bonds is 4. The number of nitrogens with zero attached hydrogens (tertiary/aromatic N) is 2. The van der Waals surface area contributed by atoms with Crippen molar-refractivity contribution >= 4 is 39.3 Å². The van der Waals surface area contributed by atoms with Crippen molar-refractivity contribution in [2.24, 2.45) is 0 Å². The number of benzene rings is 2. The topological polar surface area (TPSA) is 70.4 Å². The molecule has 0 N–H and O–H groups in total. The number of fused-ring (bicyclic) bond motifs is 1. The lowest BCUT2D eigenvalue weighted by atomic mass is 10.2. The van der Waals surface area contributed by atoms with E-state index in [9.17, 15) is 9.59 Å². The van der Waals surface area contributed by atoms with Gasteiger partial charge >= 0.3 is 5.97 Å². The molecule has 0 atom stereocenters. The Bertz CT molecular complexity index is 1280. The standard InChI is InChI=1S/C21H15ClN2O4S/c1-12-8-9-13(10-16(12)28-14-6-4-3-5-7-14)24-15-11-17(21(26)27-2)29-19(15)23-18(22)20(24)25/h3-11H,1-2H3. The van der Waals surface area contributed by atoms with Gasteiger partial charge in [0.25, 0.3) is 5.56 Å². The molecule has 8 heteroatoms. The Morgan fingerprint density at radius 3 is 2.62 bits per heavy atom. The third-order valence-electron chi connectivity index (χ3n) is 4.30. The van der Waals surface area contributed by atoms with E-state index in [1.165, 1.54) is 11.7 Å². The van der Waals surface area contributed by atoms with Crippen LogP contribution in [-0.4, -0.2) is 22.6 Å². The second-order valence-corrected chi connectivity index (χ2v) is 7.59. The number of ether oxygens (including phenoxy) is 2. The molecule has 2 aromatic carbocycles. The Kier molecular flexibility index (Phi) is 5.08. The number of methoxy groups -OCH3 is 1. The normalized spacial score (nSPS) is 10.9. The SMILES string of the molecule is COC(=O)c1cc2c(nc(Cl)c(=O)n2-c2ccc(C)c(Oc3ccccc3)c2)s1. The van der Waals surface area contributed by atoms with Crippen molar-refractivity contribution in [2.45, 2.75) is 6.92 Å². The molecule has 0 aliphatic carbocycles. The molecule has 146 valence electrons. The van der Waals surface area contributed by atoms with Crippen LogP contribution in [0.2, 0.25) is 5.15 Å². The summed E-state index contributed by atoms with van der Waals surface area (Å²) in [5.41, 5.74) is 1.44. The number of hydrogen-bond donors (Lipinski definition) is 0. The molecule has 0 amide bonds. The first-order valence-electron chi connectivity index (χ1n) is 8.62. The Morgan fingerprint density at radius 1 is 1.14 bits per heavy atom. The van der Waals surface area contributed by atoms with Crippen LogP contribution in [0.1, 0.15) is 15.2 Å². The van der Waals surface area contributed by atoms with Gasteiger partial charge in [0.05, 0.1) is 18.3 Å². The number of thiophene rings is 1. The van der Waals surface area contributed by atoms with Crippen LogP contribution in [0.5, 0.6) is 11.5 Å². The predicted octanol–water partition coefficient (Wildman–Crippen LogP) is 4.99. The number of carbonyl (C=O) groups excluding carboxylic acids is 1. The fraction of sp³-hybridized carbons (Fsp3) is 0.0952. The van der Waals surface area contributed by atoms with E-state index < -0.39 is 11.5 Å². The van der Waals surface area contributed by atoms with Crippen molar-refractivity contribution in [2.75, 3.05) is 7.11 Å². The van der Waals surface area contributed by atoms with E-state index >= 15 is 0 Å². The van der Waals surface area contributed by atoms with E-state index in [0.717, 1.165) is 16.9 Å². The van der Waals surface area contributed by atoms with Crippen LogP contribution in [0.15, 0.2) is 59.4 Å². The highest BCUT2D eigenvalue weighted by atomic mass is 35.5. The number of aryl methyl sites for hydroxylation is 1. The molecule has 0 unspecified atom stereocenters. The summed E-state index contributed by atoms with van der Waals surface area (Å²) in [7, 11) is 1.30. The molecule has 0 aliphatic rings. The second-order valence-electron chi connectivity index (χ2n) is 6.20. The fourth-order valence-corrected chi connectivity index (χ4v) is 4.02. The van der Waals surface area contributed by atoms with Crippen LogP contribution in [0, 0.1) is 6.92 Å². The number of aromatic nitrogens is 2. The number of para-hydroxylation sites is 1. The summed E-state index contributed by atoms with van der Waals surface area (Å²) in [6, 6.07) is 16.3. The van der Waals surface area contributed by atoms with Gasteiger partial charge in [0, 0.05) is 6.07 Å². The molecule has 0 spiro atoms. The minimum absolute atomic E-state index is 0.179. The van der Waals surface area contributed by atoms with Crippen molar-refractivity contribution < 1.29 is 14.3 Å². The van der Waals surface area contributed by atoms with Gasteiger partial charge in [-0.15, -0.1) is 11.3 Å². The molecule has 2 aromatic heterocycles. The first-order valence-corrected chi connectivity index (χ1v) is 9.81. The Balaban J connectivity index is 1.89. The van der Waals surface area contributed by atoms with Gasteiger partial charge in [0.2, 0.25) is 0 Å². The Hall–Kier alpha value is -3.16. The average Bonchev–Trinajstić information content (AvgIpc) is 3.14. The summed E-state index contributed by atoms with van der Waals surface area (Å²) >= 11 is 7.19. The van der Waals surface area contributed by atoms with Gasteiger partial charge in [-0.3, -0.25) is 9.36 Å². The van der Waals surface area contributed by atoms with Gasteiger partial charge in [-0.1, -0.05) is 35.9 Å². The van der Waals surface area contributed by atoms with Gasteiger partial charge in [-0.25, -0.2) is 9.78 Å². The van der Waals surface area contributed by atoms with Crippen molar-refractivity contribution in [1.82, 2.24) is 9.55 Å². The van der Waals surface area contributed by atoms with Gasteiger partial charge in [0.1, 0.15) is 21.2 Å². The number of hydrogen-bond acceptors (Lipinski definition) is 6. The summed E-state index contributed by atoms with van der Waals surface area (Å²) in [6.07, 6.45) is 0. The number of carbonyl (C=O) groups is 1. The lowest BCUT2D eigenvalue weighted by Crippen LogP contribution is -2.20. The van der Waals surface area contributed by atoms with Crippen LogP contribution in [0.25, 0.3) is 16.0 Å². The smallest absolute Gasteiger partial charge is 0.348 e. The molecule has 2 heterocycles. The lowest BCUT2D eigenvalue weighted by molar-refractivity contribution is 0.0606. The zero-order chi connectivity index (χ0) is 20.5. The van der Waals surface area contributed by atoms with Gasteiger partial charge in [-0.2, -0.15) is 0 Å². The number of esters is 1. The highest BCUT2D eigenvalue weighted by Crippen LogP contribution is 2.30. The van der Waals surface area contributed by atoms with Crippen LogP contribution in [0.4, 0.5) is 0 Å². The number of halogens is 1. The molecular formula is C21H15ClN2O4S. The molecule has 0 aliphatic heterocycles. The van der Waals surface area contributed by atoms with Gasteiger partial charge < -0.3 is 9.47 Å². The summed E-state index contributed by atoms with van der Waals surface area (Å²) in [4.78, 5) is 29.6. The fourth-order valence-electron chi connectivity index (χ4n) is 2.86. The van der Waals surface area contributed by atoms with Crippen molar-refractivity contribution in [3.05, 3.63) is 80.5 Å². The van der Waals surface area contributed by atoms with Crippen LogP contribution < -0.4 is 10.3 Å². The molecule has 4 rings (SSSR count). The molecule has 4 aromatic rings. The summed E-state index contributed by atoms with van der Waals surface area (Å²) in [6.45, 7) is 1.92. The monoisotopic (exact) mass is 426 g/mol. The minimum Gasteiger partial charge on any atom is -0.465 e. The first kappa shape index (κ1) is 19.2. The van der Waals surface area contributed by atoms with E-state index in [1.807, 2.05) is 43.3 Å². The summed E-state index contributed by atoms with van der Waals surface area (Å²) < 4.78 is 12.2. The molecule has 0 radical (unpaired) electrons. The molecule has 0 bridgehead atoms. The van der Waals surface area contributed by atoms with Crippen molar-refractivity contribution in [1.29, 1.82) is 0 Å². The second kappa shape index (κ2) is 7.69. The third-order valence-corrected chi connectivity index (χ3v) is 5.55. The highest BCUT2D eigenvalue weighted by molar-refractivity contribution is 7.20. The van der Waals surface area contributed by atoms with Crippen LogP contribution >= 0.6 is 22.9 Å².